The van der Waals surface area contributed by atoms with E-state index in [1.54, 1.807) is 24.8 Å². The maximum Gasteiger partial charge on any atom is 0.224 e. The number of hydrogen-bond acceptors (Lipinski definition) is 5. The van der Waals surface area contributed by atoms with Crippen LogP contribution in [0.25, 0.3) is 0 Å². The molecule has 126 valence electrons. The van der Waals surface area contributed by atoms with Crippen LogP contribution in [0.15, 0.2) is 49.1 Å². The molecule has 6 nitrogen and oxygen atoms in total. The summed E-state index contributed by atoms with van der Waals surface area (Å²) in [6.45, 7) is 2.68. The van der Waals surface area contributed by atoms with Crippen molar-refractivity contribution in [3.05, 3.63) is 54.6 Å². The van der Waals surface area contributed by atoms with Crippen LogP contribution in [0, 0.1) is 11.8 Å². The molecule has 3 heterocycles. The second-order valence-electron chi connectivity index (χ2n) is 6.04. The minimum absolute atomic E-state index is 0.0297. The minimum Gasteiger partial charge on any atom is -0.492 e. The summed E-state index contributed by atoms with van der Waals surface area (Å²) in [6, 6.07) is 7.57. The van der Waals surface area contributed by atoms with E-state index < -0.39 is 0 Å². The molecule has 0 spiro atoms. The molecular weight excluding hydrogens is 304 g/mol. The van der Waals surface area contributed by atoms with Crippen molar-refractivity contribution in [3.8, 4) is 5.75 Å². The summed E-state index contributed by atoms with van der Waals surface area (Å²) in [5.74, 6) is 1.13. The number of amides is 1. The fourth-order valence-electron chi connectivity index (χ4n) is 2.84. The minimum atomic E-state index is -0.0297. The Morgan fingerprint density at radius 3 is 2.79 bits per heavy atom. The molecule has 3 rings (SSSR count). The van der Waals surface area contributed by atoms with E-state index in [-0.39, 0.29) is 11.8 Å². The van der Waals surface area contributed by atoms with E-state index in [4.69, 9.17) is 4.74 Å². The van der Waals surface area contributed by atoms with Gasteiger partial charge in [-0.2, -0.15) is 0 Å². The van der Waals surface area contributed by atoms with Crippen LogP contribution in [0.3, 0.4) is 0 Å². The topological polar surface area (TPSA) is 76.1 Å². The van der Waals surface area contributed by atoms with E-state index in [9.17, 15) is 4.79 Å². The van der Waals surface area contributed by atoms with E-state index in [1.807, 2.05) is 24.3 Å². The monoisotopic (exact) mass is 326 g/mol. The molecular formula is C18H22N4O2. The lowest BCUT2D eigenvalue weighted by Crippen LogP contribution is -2.45. The van der Waals surface area contributed by atoms with Gasteiger partial charge in [-0.15, -0.1) is 0 Å². The Morgan fingerprint density at radius 1 is 1.21 bits per heavy atom. The second kappa shape index (κ2) is 8.40. The zero-order valence-electron chi connectivity index (χ0n) is 13.5. The van der Waals surface area contributed by atoms with Gasteiger partial charge in [-0.25, -0.2) is 0 Å². The highest BCUT2D eigenvalue weighted by Crippen LogP contribution is 2.18. The zero-order valence-corrected chi connectivity index (χ0v) is 13.5. The summed E-state index contributed by atoms with van der Waals surface area (Å²) in [4.78, 5) is 20.5. The van der Waals surface area contributed by atoms with Crippen molar-refractivity contribution in [3.63, 3.8) is 0 Å². The van der Waals surface area contributed by atoms with Gasteiger partial charge in [0.1, 0.15) is 5.75 Å². The highest BCUT2D eigenvalue weighted by Gasteiger charge is 2.27. The van der Waals surface area contributed by atoms with Gasteiger partial charge >= 0.3 is 0 Å². The lowest BCUT2D eigenvalue weighted by atomic mass is 9.90. The largest absolute Gasteiger partial charge is 0.492 e. The number of pyridine rings is 2. The first-order valence-electron chi connectivity index (χ1n) is 8.21. The van der Waals surface area contributed by atoms with E-state index >= 15 is 0 Å². The summed E-state index contributed by atoms with van der Waals surface area (Å²) < 4.78 is 5.76. The van der Waals surface area contributed by atoms with Gasteiger partial charge in [-0.3, -0.25) is 14.8 Å². The molecule has 1 aliphatic heterocycles. The van der Waals surface area contributed by atoms with Gasteiger partial charge in [0.25, 0.3) is 0 Å². The maximum absolute atomic E-state index is 12.4. The third-order valence-electron chi connectivity index (χ3n) is 4.12. The molecule has 0 aliphatic carbocycles. The number of nitrogens with one attached hydrogen (secondary N) is 2. The van der Waals surface area contributed by atoms with Crippen molar-refractivity contribution < 1.29 is 9.53 Å². The van der Waals surface area contributed by atoms with Gasteiger partial charge in [0, 0.05) is 44.1 Å². The molecule has 2 aromatic heterocycles. The average molecular weight is 326 g/mol. The SMILES string of the molecule is O=C(NCc1cccnc1)[C@H]1CNC[C@@H](COc2cccnc2)C1. The van der Waals surface area contributed by atoms with Gasteiger partial charge in [-0.1, -0.05) is 6.07 Å². The van der Waals surface area contributed by atoms with Crippen molar-refractivity contribution in [1.82, 2.24) is 20.6 Å². The van der Waals surface area contributed by atoms with E-state index in [0.717, 1.165) is 24.3 Å². The van der Waals surface area contributed by atoms with Crippen LogP contribution < -0.4 is 15.4 Å². The average Bonchev–Trinajstić information content (AvgIpc) is 2.66. The predicted molar refractivity (Wildman–Crippen MR) is 90.3 cm³/mol. The van der Waals surface area contributed by atoms with Crippen molar-refractivity contribution in [1.29, 1.82) is 0 Å². The van der Waals surface area contributed by atoms with Gasteiger partial charge in [0.2, 0.25) is 5.91 Å². The molecule has 0 unspecified atom stereocenters. The molecule has 2 aromatic rings. The van der Waals surface area contributed by atoms with Crippen LogP contribution in [0.2, 0.25) is 0 Å². The van der Waals surface area contributed by atoms with Gasteiger partial charge in [0.05, 0.1) is 18.7 Å². The maximum atomic E-state index is 12.4. The first-order chi connectivity index (χ1) is 11.8. The molecule has 0 bridgehead atoms. The molecule has 2 N–H and O–H groups in total. The zero-order chi connectivity index (χ0) is 16.6. The van der Waals surface area contributed by atoms with Crippen LogP contribution in [0.1, 0.15) is 12.0 Å². The van der Waals surface area contributed by atoms with Crippen LogP contribution in [-0.2, 0) is 11.3 Å². The van der Waals surface area contributed by atoms with Crippen molar-refractivity contribution in [2.45, 2.75) is 13.0 Å². The fourth-order valence-corrected chi connectivity index (χ4v) is 2.84. The Kier molecular flexibility index (Phi) is 5.74. The van der Waals surface area contributed by atoms with Crippen LogP contribution in [-0.4, -0.2) is 35.6 Å². The lowest BCUT2D eigenvalue weighted by Gasteiger charge is -2.29. The van der Waals surface area contributed by atoms with Gasteiger partial charge < -0.3 is 15.4 Å². The standard InChI is InChI=1S/C18H22N4O2/c23-18(22-10-14-3-1-5-19-8-14)16-7-15(9-21-11-16)13-24-17-4-2-6-20-12-17/h1-6,8,12,15-16,21H,7,9-11,13H2,(H,22,23)/t15-,16+/m0/s1. The fraction of sp³-hybridized carbons (Fsp3) is 0.389. The molecule has 24 heavy (non-hydrogen) atoms. The predicted octanol–water partition coefficient (Wildman–Crippen LogP) is 1.40. The molecule has 1 aliphatic rings. The summed E-state index contributed by atoms with van der Waals surface area (Å²) >= 11 is 0. The number of nitrogens with zero attached hydrogens (tertiary/aromatic N) is 2. The molecule has 1 saturated heterocycles. The molecule has 0 radical (unpaired) electrons. The number of aromatic nitrogens is 2. The smallest absolute Gasteiger partial charge is 0.224 e. The number of piperidine rings is 1. The van der Waals surface area contributed by atoms with Crippen LogP contribution in [0.4, 0.5) is 0 Å². The van der Waals surface area contributed by atoms with Gasteiger partial charge in [0.15, 0.2) is 0 Å². The van der Waals surface area contributed by atoms with Crippen molar-refractivity contribution in [2.75, 3.05) is 19.7 Å². The Balaban J connectivity index is 1.45. The summed E-state index contributed by atoms with van der Waals surface area (Å²) in [5.41, 5.74) is 1.01. The highest BCUT2D eigenvalue weighted by atomic mass is 16.5. The third-order valence-corrected chi connectivity index (χ3v) is 4.12. The molecule has 6 heteroatoms. The van der Waals surface area contributed by atoms with Crippen molar-refractivity contribution in [2.24, 2.45) is 11.8 Å². The van der Waals surface area contributed by atoms with Crippen LogP contribution in [0.5, 0.6) is 5.75 Å². The second-order valence-corrected chi connectivity index (χ2v) is 6.04. The number of hydrogen-bond donors (Lipinski definition) is 2. The van der Waals surface area contributed by atoms with E-state index in [0.29, 0.717) is 25.6 Å². The Hall–Kier alpha value is -2.47. The third kappa shape index (κ3) is 4.76. The van der Waals surface area contributed by atoms with Gasteiger partial charge in [-0.05, 0) is 30.2 Å². The van der Waals surface area contributed by atoms with Crippen molar-refractivity contribution >= 4 is 5.91 Å². The quantitative estimate of drug-likeness (QED) is 0.839. The summed E-state index contributed by atoms with van der Waals surface area (Å²) in [7, 11) is 0. The Bertz CT molecular complexity index is 636. The molecule has 1 amide bonds. The number of ether oxygens (including phenoxy) is 1. The first-order valence-corrected chi connectivity index (χ1v) is 8.21. The number of rotatable bonds is 6. The molecule has 2 atom stereocenters. The van der Waals surface area contributed by atoms with E-state index in [1.165, 1.54) is 0 Å². The molecule has 0 saturated carbocycles. The number of carbonyl (C=O) groups excluding carboxylic acids is 1. The normalized spacial score (nSPS) is 20.3. The highest BCUT2D eigenvalue weighted by molar-refractivity contribution is 5.79. The summed E-state index contributed by atoms with van der Waals surface area (Å²) in [5, 5.41) is 6.32. The number of carbonyl (C=O) groups is 1. The molecule has 0 aromatic carbocycles. The Morgan fingerprint density at radius 2 is 2.04 bits per heavy atom. The first kappa shape index (κ1) is 16.4. The van der Waals surface area contributed by atoms with Crippen LogP contribution >= 0.6 is 0 Å². The van der Waals surface area contributed by atoms with E-state index in [2.05, 4.69) is 20.6 Å². The Labute approximate surface area is 141 Å². The summed E-state index contributed by atoms with van der Waals surface area (Å²) in [6.07, 6.45) is 7.74. The lowest BCUT2D eigenvalue weighted by molar-refractivity contribution is -0.126. The molecule has 1 fully saturated rings.